The van der Waals surface area contributed by atoms with Crippen LogP contribution in [0.4, 0.5) is 17.1 Å². The number of carbonyl (C=O) groups excluding carboxylic acids is 2. The van der Waals surface area contributed by atoms with Crippen LogP contribution in [0.1, 0.15) is 43.0 Å². The highest BCUT2D eigenvalue weighted by molar-refractivity contribution is 6.36. The minimum absolute atomic E-state index is 0.240. The Labute approximate surface area is 203 Å². The molecular weight excluding hydrogens is 434 g/mol. The summed E-state index contributed by atoms with van der Waals surface area (Å²) in [4.78, 5) is 29.1. The van der Waals surface area contributed by atoms with E-state index >= 15 is 0 Å². The summed E-state index contributed by atoms with van der Waals surface area (Å²) < 4.78 is 0. The van der Waals surface area contributed by atoms with Gasteiger partial charge >= 0.3 is 0 Å². The molecule has 2 aliphatic carbocycles. The van der Waals surface area contributed by atoms with E-state index in [1.165, 1.54) is 16.0 Å². The fourth-order valence-electron chi connectivity index (χ4n) is 6.16. The number of hydrogen-bond donors (Lipinski definition) is 2. The van der Waals surface area contributed by atoms with Crippen molar-refractivity contribution in [2.24, 2.45) is 0 Å². The highest BCUT2D eigenvalue weighted by atomic mass is 16.2. The van der Waals surface area contributed by atoms with Crippen LogP contribution in [0.3, 0.4) is 0 Å². The summed E-state index contributed by atoms with van der Waals surface area (Å²) in [6.07, 6.45) is 3.04. The van der Waals surface area contributed by atoms with Crippen molar-refractivity contribution in [2.75, 3.05) is 16.4 Å². The molecule has 4 aromatic carbocycles. The third-order valence-electron chi connectivity index (χ3n) is 7.67. The summed E-state index contributed by atoms with van der Waals surface area (Å²) >= 11 is 0. The fraction of sp³-hybridized carbons (Fsp3) is 0.133. The van der Waals surface area contributed by atoms with E-state index in [9.17, 15) is 9.59 Å². The van der Waals surface area contributed by atoms with Gasteiger partial charge in [0.15, 0.2) is 0 Å². The second-order valence-corrected chi connectivity index (χ2v) is 9.57. The number of amides is 2. The first-order valence-corrected chi connectivity index (χ1v) is 12.0. The lowest BCUT2D eigenvalue weighted by atomic mass is 9.72. The van der Waals surface area contributed by atoms with Crippen LogP contribution in [-0.4, -0.2) is 11.8 Å². The maximum atomic E-state index is 13.9. The molecule has 170 valence electrons. The number of carbonyl (C=O) groups is 2. The van der Waals surface area contributed by atoms with E-state index in [2.05, 4.69) is 24.3 Å². The monoisotopic (exact) mass is 457 g/mol. The molecular formula is C30H23N3O2. The smallest absolute Gasteiger partial charge is 0.266 e. The lowest BCUT2D eigenvalue weighted by Gasteiger charge is -2.30. The molecule has 0 spiro atoms. The molecule has 5 heteroatoms. The van der Waals surface area contributed by atoms with Gasteiger partial charge in [0.05, 0.1) is 16.8 Å². The molecule has 0 saturated heterocycles. The molecule has 1 heterocycles. The summed E-state index contributed by atoms with van der Waals surface area (Å²) in [6, 6.07) is 21.4. The SMILES string of the molecule is Nc1ccc(N2C(=O)c3c4c(c5c(c3C2=O)CCc2cc(N)ccc2-5)-c2ccccc2CC4)cc1. The van der Waals surface area contributed by atoms with Crippen LogP contribution in [0.2, 0.25) is 0 Å². The lowest BCUT2D eigenvalue weighted by Crippen LogP contribution is -2.29. The molecule has 0 radical (unpaired) electrons. The molecule has 0 unspecified atom stereocenters. The molecule has 4 aromatic rings. The second kappa shape index (κ2) is 7.06. The molecule has 0 saturated carbocycles. The molecule has 1 aliphatic heterocycles. The van der Waals surface area contributed by atoms with Gasteiger partial charge in [0.2, 0.25) is 0 Å². The minimum atomic E-state index is -0.244. The van der Waals surface area contributed by atoms with Gasteiger partial charge < -0.3 is 11.5 Å². The zero-order valence-corrected chi connectivity index (χ0v) is 19.1. The number of nitrogen functional groups attached to an aromatic ring is 2. The largest absolute Gasteiger partial charge is 0.399 e. The van der Waals surface area contributed by atoms with Gasteiger partial charge in [-0.3, -0.25) is 9.59 Å². The quantitative estimate of drug-likeness (QED) is 0.304. The zero-order chi connectivity index (χ0) is 23.8. The van der Waals surface area contributed by atoms with Crippen LogP contribution in [0.5, 0.6) is 0 Å². The van der Waals surface area contributed by atoms with Crippen molar-refractivity contribution in [3.05, 3.63) is 100 Å². The van der Waals surface area contributed by atoms with E-state index < -0.39 is 0 Å². The van der Waals surface area contributed by atoms with Gasteiger partial charge in [-0.15, -0.1) is 0 Å². The Morgan fingerprint density at radius 2 is 1.14 bits per heavy atom. The first-order chi connectivity index (χ1) is 17.0. The van der Waals surface area contributed by atoms with Crippen LogP contribution in [-0.2, 0) is 25.7 Å². The first-order valence-electron chi connectivity index (χ1n) is 12.0. The van der Waals surface area contributed by atoms with Gasteiger partial charge in [-0.2, -0.15) is 0 Å². The highest BCUT2D eigenvalue weighted by Gasteiger charge is 2.44. The molecule has 3 aliphatic rings. The van der Waals surface area contributed by atoms with Crippen molar-refractivity contribution in [1.82, 2.24) is 0 Å². The Morgan fingerprint density at radius 3 is 1.83 bits per heavy atom. The second-order valence-electron chi connectivity index (χ2n) is 9.57. The molecule has 4 N–H and O–H groups in total. The third-order valence-corrected chi connectivity index (χ3v) is 7.67. The number of nitrogens with two attached hydrogens (primary N) is 2. The van der Waals surface area contributed by atoms with Gasteiger partial charge in [0.1, 0.15) is 0 Å². The molecule has 2 amide bonds. The van der Waals surface area contributed by atoms with E-state index in [1.807, 2.05) is 18.2 Å². The van der Waals surface area contributed by atoms with Crippen molar-refractivity contribution in [3.8, 4) is 22.3 Å². The van der Waals surface area contributed by atoms with Crippen molar-refractivity contribution >= 4 is 28.9 Å². The van der Waals surface area contributed by atoms with Gasteiger partial charge in [0, 0.05) is 11.4 Å². The van der Waals surface area contributed by atoms with E-state index in [4.69, 9.17) is 11.5 Å². The average molecular weight is 458 g/mol. The number of fused-ring (bicyclic) bond motifs is 10. The third kappa shape index (κ3) is 2.69. The average Bonchev–Trinajstić information content (AvgIpc) is 3.14. The summed E-state index contributed by atoms with van der Waals surface area (Å²) in [5.74, 6) is -0.483. The van der Waals surface area contributed by atoms with Crippen LogP contribution < -0.4 is 16.4 Å². The zero-order valence-electron chi connectivity index (χ0n) is 19.1. The molecule has 0 bridgehead atoms. The number of hydrogen-bond acceptors (Lipinski definition) is 4. The normalized spacial score (nSPS) is 15.3. The number of anilines is 3. The Hall–Kier alpha value is -4.38. The molecule has 0 aromatic heterocycles. The Kier molecular flexibility index (Phi) is 4.04. The number of benzene rings is 4. The molecule has 5 nitrogen and oxygen atoms in total. The summed E-state index contributed by atoms with van der Waals surface area (Å²) in [7, 11) is 0. The van der Waals surface area contributed by atoms with E-state index in [0.717, 1.165) is 58.3 Å². The summed E-state index contributed by atoms with van der Waals surface area (Å²) in [5, 5.41) is 0. The molecule has 35 heavy (non-hydrogen) atoms. The Balaban J connectivity index is 1.57. The number of aryl methyl sites for hydroxylation is 2. The Morgan fingerprint density at radius 1 is 0.571 bits per heavy atom. The Bertz CT molecular complexity index is 1600. The summed E-state index contributed by atoms with van der Waals surface area (Å²) in [6.45, 7) is 0. The van der Waals surface area contributed by atoms with Gasteiger partial charge in [-0.25, -0.2) is 4.90 Å². The van der Waals surface area contributed by atoms with Crippen LogP contribution in [0.15, 0.2) is 66.7 Å². The fourth-order valence-corrected chi connectivity index (χ4v) is 6.16. The van der Waals surface area contributed by atoms with Crippen molar-refractivity contribution in [2.45, 2.75) is 25.7 Å². The number of imide groups is 1. The molecule has 7 rings (SSSR count). The maximum Gasteiger partial charge on any atom is 0.266 e. The van der Waals surface area contributed by atoms with E-state index in [0.29, 0.717) is 28.9 Å². The lowest BCUT2D eigenvalue weighted by molar-refractivity contribution is 0.0925. The number of nitrogens with zero attached hydrogens (tertiary/aromatic N) is 1. The van der Waals surface area contributed by atoms with Gasteiger partial charge in [0.25, 0.3) is 11.8 Å². The van der Waals surface area contributed by atoms with Crippen molar-refractivity contribution in [3.63, 3.8) is 0 Å². The molecule has 0 atom stereocenters. The predicted molar refractivity (Wildman–Crippen MR) is 139 cm³/mol. The van der Waals surface area contributed by atoms with Crippen LogP contribution in [0, 0.1) is 0 Å². The van der Waals surface area contributed by atoms with Crippen LogP contribution >= 0.6 is 0 Å². The number of rotatable bonds is 1. The standard InChI is InChI=1S/C30H23N3O2/c31-18-7-10-20(11-8-18)33-29(34)27-23-12-5-16-3-1-2-4-21(16)25(23)26-22-14-9-19(32)15-17(22)6-13-24(26)28(27)30(33)35/h1-4,7-11,14-15H,5-6,12-13,31-32H2. The van der Waals surface area contributed by atoms with E-state index in [1.54, 1.807) is 24.3 Å². The predicted octanol–water partition coefficient (Wildman–Crippen LogP) is 5.18. The van der Waals surface area contributed by atoms with Crippen molar-refractivity contribution < 1.29 is 9.59 Å². The van der Waals surface area contributed by atoms with Crippen LogP contribution in [0.25, 0.3) is 22.3 Å². The topological polar surface area (TPSA) is 89.4 Å². The first kappa shape index (κ1) is 20.0. The maximum absolute atomic E-state index is 13.9. The summed E-state index contributed by atoms with van der Waals surface area (Å²) in [5.41, 5.74) is 23.9. The minimum Gasteiger partial charge on any atom is -0.399 e. The van der Waals surface area contributed by atoms with E-state index in [-0.39, 0.29) is 11.8 Å². The molecule has 0 fully saturated rings. The van der Waals surface area contributed by atoms with Gasteiger partial charge in [-0.1, -0.05) is 30.3 Å². The highest BCUT2D eigenvalue weighted by Crippen LogP contribution is 2.51. The van der Waals surface area contributed by atoms with Gasteiger partial charge in [-0.05, 0) is 107 Å². The van der Waals surface area contributed by atoms with Crippen molar-refractivity contribution in [1.29, 1.82) is 0 Å².